The van der Waals surface area contributed by atoms with Crippen molar-refractivity contribution in [1.82, 2.24) is 4.98 Å². The second-order valence-electron chi connectivity index (χ2n) is 6.77. The zero-order valence-electron chi connectivity index (χ0n) is 16.2. The van der Waals surface area contributed by atoms with Crippen molar-refractivity contribution in [2.75, 3.05) is 11.4 Å². The van der Waals surface area contributed by atoms with Crippen molar-refractivity contribution in [3.63, 3.8) is 0 Å². The quantitative estimate of drug-likeness (QED) is 0.418. The summed E-state index contributed by atoms with van der Waals surface area (Å²) in [5.74, 6) is -0.156. The third kappa shape index (κ3) is 4.45. The molecule has 146 valence electrons. The van der Waals surface area contributed by atoms with E-state index in [1.165, 1.54) is 11.3 Å². The molecule has 0 bridgehead atoms. The molecular formula is C25H19N3OS. The van der Waals surface area contributed by atoms with E-state index >= 15 is 0 Å². The predicted molar refractivity (Wildman–Crippen MR) is 121 cm³/mol. The first-order valence-electron chi connectivity index (χ1n) is 9.61. The van der Waals surface area contributed by atoms with E-state index in [0.717, 1.165) is 16.8 Å². The van der Waals surface area contributed by atoms with Crippen molar-refractivity contribution in [2.24, 2.45) is 0 Å². The Morgan fingerprint density at radius 2 is 1.70 bits per heavy atom. The average Bonchev–Trinajstić information content (AvgIpc) is 3.30. The van der Waals surface area contributed by atoms with Crippen molar-refractivity contribution in [1.29, 1.82) is 5.26 Å². The lowest BCUT2D eigenvalue weighted by Crippen LogP contribution is -2.33. The number of nitrogens with zero attached hydrogens (tertiary/aromatic N) is 3. The maximum Gasteiger partial charge on any atom is 0.260 e. The van der Waals surface area contributed by atoms with Gasteiger partial charge in [0.15, 0.2) is 5.13 Å². The first kappa shape index (κ1) is 19.6. The van der Waals surface area contributed by atoms with Crippen LogP contribution in [0.4, 0.5) is 5.13 Å². The van der Waals surface area contributed by atoms with Crippen LogP contribution in [0.5, 0.6) is 0 Å². The molecule has 1 amide bonds. The van der Waals surface area contributed by atoms with Gasteiger partial charge in [0.1, 0.15) is 0 Å². The third-order valence-corrected chi connectivity index (χ3v) is 5.61. The lowest BCUT2D eigenvalue weighted by atomic mass is 10.1. The molecule has 0 unspecified atom stereocenters. The summed E-state index contributed by atoms with van der Waals surface area (Å²) in [6, 6.07) is 28.9. The van der Waals surface area contributed by atoms with Gasteiger partial charge in [0.05, 0.1) is 17.3 Å². The highest BCUT2D eigenvalue weighted by atomic mass is 32.1. The molecule has 0 fully saturated rings. The van der Waals surface area contributed by atoms with E-state index in [2.05, 4.69) is 18.2 Å². The fraction of sp³-hybridized carbons (Fsp3) is 0.0800. The largest absolute Gasteiger partial charge is 0.284 e. The molecule has 0 N–H and O–H groups in total. The number of amides is 1. The van der Waals surface area contributed by atoms with E-state index in [9.17, 15) is 10.1 Å². The minimum absolute atomic E-state index is 0.156. The molecule has 0 saturated heterocycles. The topological polar surface area (TPSA) is 57.0 Å². The molecule has 1 heterocycles. The van der Waals surface area contributed by atoms with Gasteiger partial charge < -0.3 is 0 Å². The molecule has 0 saturated carbocycles. The molecule has 0 aliphatic rings. The highest BCUT2D eigenvalue weighted by molar-refractivity contribution is 7.14. The Kier molecular flexibility index (Phi) is 5.98. The summed E-state index contributed by atoms with van der Waals surface area (Å²) in [4.78, 5) is 19.8. The number of hydrogen-bond acceptors (Lipinski definition) is 4. The number of benzene rings is 3. The molecular weight excluding hydrogens is 390 g/mol. The molecule has 5 heteroatoms. The van der Waals surface area contributed by atoms with Gasteiger partial charge in [0, 0.05) is 23.1 Å². The molecule has 1 aromatic heterocycles. The van der Waals surface area contributed by atoms with Crippen LogP contribution < -0.4 is 4.90 Å². The van der Waals surface area contributed by atoms with Crippen molar-refractivity contribution < 1.29 is 4.79 Å². The summed E-state index contributed by atoms with van der Waals surface area (Å²) in [6.45, 7) is 0.501. The van der Waals surface area contributed by atoms with Crippen LogP contribution in [-0.4, -0.2) is 17.4 Å². The summed E-state index contributed by atoms with van der Waals surface area (Å²) in [7, 11) is 0. The van der Waals surface area contributed by atoms with Gasteiger partial charge in [-0.25, -0.2) is 4.98 Å². The zero-order valence-corrected chi connectivity index (χ0v) is 17.0. The molecule has 3 aromatic carbocycles. The van der Waals surface area contributed by atoms with Crippen LogP contribution in [0.2, 0.25) is 0 Å². The van der Waals surface area contributed by atoms with Crippen LogP contribution in [0.25, 0.3) is 11.3 Å². The van der Waals surface area contributed by atoms with Crippen molar-refractivity contribution >= 4 is 22.4 Å². The monoisotopic (exact) mass is 409 g/mol. The van der Waals surface area contributed by atoms with Crippen LogP contribution in [0.1, 0.15) is 21.5 Å². The molecule has 30 heavy (non-hydrogen) atoms. The minimum Gasteiger partial charge on any atom is -0.284 e. The fourth-order valence-electron chi connectivity index (χ4n) is 3.18. The number of nitriles is 1. The molecule has 4 nitrogen and oxygen atoms in total. The van der Waals surface area contributed by atoms with Gasteiger partial charge in [-0.15, -0.1) is 11.3 Å². The Labute approximate surface area is 179 Å². The Morgan fingerprint density at radius 1 is 0.967 bits per heavy atom. The van der Waals surface area contributed by atoms with Crippen molar-refractivity contribution in [3.05, 3.63) is 107 Å². The molecule has 0 aliphatic carbocycles. The van der Waals surface area contributed by atoms with Gasteiger partial charge in [-0.3, -0.25) is 9.69 Å². The Bertz CT molecular complexity index is 1180. The Morgan fingerprint density at radius 3 is 2.43 bits per heavy atom. The molecule has 0 spiro atoms. The van der Waals surface area contributed by atoms with Crippen molar-refractivity contribution in [2.45, 2.75) is 6.42 Å². The molecule has 0 aliphatic heterocycles. The van der Waals surface area contributed by atoms with E-state index in [-0.39, 0.29) is 5.91 Å². The third-order valence-electron chi connectivity index (χ3n) is 4.74. The molecule has 4 rings (SSSR count). The summed E-state index contributed by atoms with van der Waals surface area (Å²) < 4.78 is 0. The summed E-state index contributed by atoms with van der Waals surface area (Å²) >= 11 is 1.45. The standard InChI is InChI=1S/C25H19N3OS/c26-17-20-10-7-13-22(16-20)24(29)28(15-14-19-8-3-1-4-9-19)25-27-23(18-30-25)21-11-5-2-6-12-21/h1-13,16,18H,14-15H2. The number of hydrogen-bond donors (Lipinski definition) is 0. The highest BCUT2D eigenvalue weighted by Gasteiger charge is 2.21. The lowest BCUT2D eigenvalue weighted by molar-refractivity contribution is 0.0987. The minimum atomic E-state index is -0.156. The van der Waals surface area contributed by atoms with Gasteiger partial charge in [0.2, 0.25) is 0 Å². The molecule has 0 radical (unpaired) electrons. The van der Waals surface area contributed by atoms with Crippen LogP contribution in [0, 0.1) is 11.3 Å². The van der Waals surface area contributed by atoms with E-state index in [1.807, 2.05) is 53.9 Å². The van der Waals surface area contributed by atoms with E-state index < -0.39 is 0 Å². The zero-order chi connectivity index (χ0) is 20.8. The summed E-state index contributed by atoms with van der Waals surface area (Å²) in [6.07, 6.45) is 0.713. The predicted octanol–water partition coefficient (Wildman–Crippen LogP) is 5.57. The smallest absolute Gasteiger partial charge is 0.260 e. The maximum absolute atomic E-state index is 13.4. The Hall–Kier alpha value is -3.75. The summed E-state index contributed by atoms with van der Waals surface area (Å²) in [5.41, 5.74) is 3.97. The maximum atomic E-state index is 13.4. The van der Waals surface area contributed by atoms with Gasteiger partial charge in [-0.1, -0.05) is 66.7 Å². The average molecular weight is 410 g/mol. The van der Waals surface area contributed by atoms with Crippen LogP contribution in [0.15, 0.2) is 90.3 Å². The number of aromatic nitrogens is 1. The SMILES string of the molecule is N#Cc1cccc(C(=O)N(CCc2ccccc2)c2nc(-c3ccccc3)cs2)c1. The van der Waals surface area contributed by atoms with Gasteiger partial charge in [0.25, 0.3) is 5.91 Å². The molecule has 0 atom stereocenters. The normalized spacial score (nSPS) is 10.4. The number of carbonyl (C=O) groups is 1. The number of rotatable bonds is 6. The van der Waals surface area contributed by atoms with E-state index in [4.69, 9.17) is 4.98 Å². The first-order valence-corrected chi connectivity index (χ1v) is 10.5. The van der Waals surface area contributed by atoms with Crippen LogP contribution in [0.3, 0.4) is 0 Å². The van der Waals surface area contributed by atoms with E-state index in [1.54, 1.807) is 29.2 Å². The number of carbonyl (C=O) groups excluding carboxylic acids is 1. The second-order valence-corrected chi connectivity index (χ2v) is 7.60. The number of anilines is 1. The second kappa shape index (κ2) is 9.17. The first-order chi connectivity index (χ1) is 14.7. The summed E-state index contributed by atoms with van der Waals surface area (Å²) in [5, 5.41) is 11.8. The van der Waals surface area contributed by atoms with Crippen molar-refractivity contribution in [3.8, 4) is 17.3 Å². The Balaban J connectivity index is 1.65. The highest BCUT2D eigenvalue weighted by Crippen LogP contribution is 2.28. The van der Waals surface area contributed by atoms with Crippen LogP contribution >= 0.6 is 11.3 Å². The number of thiazole rings is 1. The van der Waals surface area contributed by atoms with Gasteiger partial charge in [-0.05, 0) is 30.2 Å². The molecule has 4 aromatic rings. The van der Waals surface area contributed by atoms with Gasteiger partial charge >= 0.3 is 0 Å². The lowest BCUT2D eigenvalue weighted by Gasteiger charge is -2.20. The fourth-order valence-corrected chi connectivity index (χ4v) is 4.04. The van der Waals surface area contributed by atoms with Gasteiger partial charge in [-0.2, -0.15) is 5.26 Å². The van der Waals surface area contributed by atoms with Crippen LogP contribution in [-0.2, 0) is 6.42 Å². The van der Waals surface area contributed by atoms with E-state index in [0.29, 0.717) is 29.2 Å².